The molecule has 134 valence electrons. The van der Waals surface area contributed by atoms with Crippen molar-refractivity contribution in [3.63, 3.8) is 0 Å². The van der Waals surface area contributed by atoms with Crippen LogP contribution in [0.15, 0.2) is 43.8 Å². The number of nitrogens with zero attached hydrogens (tertiary/aromatic N) is 1. The number of primary sulfonamides is 1. The molecule has 0 atom stereocenters. The lowest BCUT2D eigenvalue weighted by Crippen LogP contribution is -2.24. The van der Waals surface area contributed by atoms with Crippen molar-refractivity contribution in [2.45, 2.75) is 15.5 Å². The Labute approximate surface area is 158 Å². The minimum absolute atomic E-state index is 0.156. The molecule has 0 amide bonds. The van der Waals surface area contributed by atoms with E-state index in [0.717, 1.165) is 11.8 Å². The number of hydrogen-bond donors (Lipinski definition) is 2. The number of hydrogen-bond acceptors (Lipinski definition) is 7. The van der Waals surface area contributed by atoms with Crippen LogP contribution in [-0.2, 0) is 25.8 Å². The molecular formula is C13H12ClN3O4S4. The molecule has 0 spiro atoms. The fourth-order valence-electron chi connectivity index (χ4n) is 2.14. The van der Waals surface area contributed by atoms with Gasteiger partial charge in [-0.05, 0) is 23.6 Å². The highest BCUT2D eigenvalue weighted by atomic mass is 35.5. The molecule has 0 bridgehead atoms. The fourth-order valence-corrected chi connectivity index (χ4v) is 6.29. The molecule has 2 heterocycles. The Morgan fingerprint density at radius 3 is 2.72 bits per heavy atom. The monoisotopic (exact) mass is 437 g/mol. The van der Waals surface area contributed by atoms with Gasteiger partial charge in [0.05, 0.1) is 16.5 Å². The van der Waals surface area contributed by atoms with Crippen molar-refractivity contribution in [1.29, 1.82) is 0 Å². The predicted octanol–water partition coefficient (Wildman–Crippen LogP) is 2.50. The number of thiophene rings is 1. The Bertz CT molecular complexity index is 1050. The standard InChI is InChI=1S/C13H12ClN3O4S4/c14-9-4-10-12(5-11(9)24(15,18)19)25(20,21)17-13(16-10)7-22-6-8-2-1-3-23-8/h1-5H,6-7H2,(H,16,17)(H2,15,18,19). The maximum atomic E-state index is 12.4. The first kappa shape index (κ1) is 18.7. The number of thioether (sulfide) groups is 1. The van der Waals surface area contributed by atoms with Crippen molar-refractivity contribution in [2.75, 3.05) is 11.1 Å². The van der Waals surface area contributed by atoms with Gasteiger partial charge in [0.2, 0.25) is 10.0 Å². The molecule has 1 aromatic carbocycles. The van der Waals surface area contributed by atoms with Crippen molar-refractivity contribution >= 4 is 66.3 Å². The maximum Gasteiger partial charge on any atom is 0.286 e. The largest absolute Gasteiger partial charge is 0.341 e. The van der Waals surface area contributed by atoms with Crippen molar-refractivity contribution < 1.29 is 16.8 Å². The van der Waals surface area contributed by atoms with E-state index in [-0.39, 0.29) is 21.4 Å². The average Bonchev–Trinajstić information content (AvgIpc) is 2.97. The van der Waals surface area contributed by atoms with E-state index in [1.807, 2.05) is 17.5 Å². The smallest absolute Gasteiger partial charge is 0.286 e. The molecule has 1 aromatic heterocycles. The molecule has 0 saturated carbocycles. The average molecular weight is 438 g/mol. The van der Waals surface area contributed by atoms with Gasteiger partial charge >= 0.3 is 0 Å². The van der Waals surface area contributed by atoms with E-state index < -0.39 is 24.9 Å². The van der Waals surface area contributed by atoms with Gasteiger partial charge in [-0.15, -0.1) is 27.5 Å². The van der Waals surface area contributed by atoms with E-state index >= 15 is 0 Å². The molecule has 12 heteroatoms. The van der Waals surface area contributed by atoms with Crippen molar-refractivity contribution in [1.82, 2.24) is 0 Å². The third kappa shape index (κ3) is 4.18. The van der Waals surface area contributed by atoms with Gasteiger partial charge in [0, 0.05) is 10.6 Å². The van der Waals surface area contributed by atoms with Gasteiger partial charge in [-0.25, -0.2) is 13.6 Å². The summed E-state index contributed by atoms with van der Waals surface area (Å²) in [6.07, 6.45) is 0. The third-order valence-corrected chi connectivity index (χ3v) is 7.97. The van der Waals surface area contributed by atoms with Gasteiger partial charge in [0.25, 0.3) is 10.0 Å². The normalized spacial score (nSPS) is 16.0. The molecule has 1 aliphatic rings. The molecule has 0 fully saturated rings. The Morgan fingerprint density at radius 1 is 1.32 bits per heavy atom. The number of sulfonamides is 2. The first-order chi connectivity index (χ1) is 11.7. The van der Waals surface area contributed by atoms with Crippen LogP contribution in [0, 0.1) is 0 Å². The number of amidine groups is 1. The summed E-state index contributed by atoms with van der Waals surface area (Å²) in [5, 5.41) is 9.75. The van der Waals surface area contributed by atoms with E-state index in [0.29, 0.717) is 5.75 Å². The topological polar surface area (TPSA) is 119 Å². The second-order valence-electron chi connectivity index (χ2n) is 5.03. The second kappa shape index (κ2) is 6.89. The zero-order chi connectivity index (χ0) is 18.2. The third-order valence-electron chi connectivity index (χ3n) is 3.19. The predicted molar refractivity (Wildman–Crippen MR) is 102 cm³/mol. The van der Waals surface area contributed by atoms with Crippen LogP contribution in [0.3, 0.4) is 0 Å². The van der Waals surface area contributed by atoms with Crippen LogP contribution in [0.4, 0.5) is 5.69 Å². The van der Waals surface area contributed by atoms with Gasteiger partial charge < -0.3 is 5.32 Å². The van der Waals surface area contributed by atoms with Crippen LogP contribution in [0.2, 0.25) is 5.02 Å². The first-order valence-corrected chi connectivity index (χ1v) is 12.1. The minimum atomic E-state index is -4.15. The summed E-state index contributed by atoms with van der Waals surface area (Å²) in [6.45, 7) is 0. The van der Waals surface area contributed by atoms with Crippen LogP contribution in [0.1, 0.15) is 4.88 Å². The number of nitrogens with one attached hydrogen (secondary N) is 1. The highest BCUT2D eigenvalue weighted by Crippen LogP contribution is 2.34. The van der Waals surface area contributed by atoms with Crippen LogP contribution in [-0.4, -0.2) is 28.4 Å². The molecule has 7 nitrogen and oxygen atoms in total. The second-order valence-corrected chi connectivity index (χ2v) is 10.6. The summed E-state index contributed by atoms with van der Waals surface area (Å²) in [5.41, 5.74) is 0.180. The van der Waals surface area contributed by atoms with Crippen LogP contribution >= 0.6 is 34.7 Å². The van der Waals surface area contributed by atoms with E-state index in [4.69, 9.17) is 16.7 Å². The molecule has 0 radical (unpaired) electrons. The SMILES string of the molecule is NS(=O)(=O)c1cc2c(cc1Cl)NC(CSCc1cccs1)=NS2(=O)=O. The summed E-state index contributed by atoms with van der Waals surface area (Å²) in [6, 6.07) is 6.10. The van der Waals surface area contributed by atoms with E-state index in [9.17, 15) is 16.8 Å². The molecule has 3 rings (SSSR count). The Balaban J connectivity index is 1.86. The minimum Gasteiger partial charge on any atom is -0.341 e. The Kier molecular flexibility index (Phi) is 5.15. The molecule has 0 saturated heterocycles. The van der Waals surface area contributed by atoms with Crippen molar-refractivity contribution in [3.8, 4) is 0 Å². The number of fused-ring (bicyclic) bond motifs is 1. The number of nitrogens with two attached hydrogens (primary N) is 1. The maximum absolute atomic E-state index is 12.4. The summed E-state index contributed by atoms with van der Waals surface area (Å²) in [4.78, 5) is 0.447. The zero-order valence-electron chi connectivity index (χ0n) is 12.5. The summed E-state index contributed by atoms with van der Waals surface area (Å²) in [5.74, 6) is 1.34. The quantitative estimate of drug-likeness (QED) is 0.741. The lowest BCUT2D eigenvalue weighted by Gasteiger charge is -2.19. The number of benzene rings is 1. The molecular weight excluding hydrogens is 426 g/mol. The molecule has 0 aliphatic carbocycles. The lowest BCUT2D eigenvalue weighted by molar-refractivity contribution is 0.596. The summed E-state index contributed by atoms with van der Waals surface area (Å²) < 4.78 is 51.4. The van der Waals surface area contributed by atoms with Gasteiger partial charge in [0.15, 0.2) is 0 Å². The van der Waals surface area contributed by atoms with Crippen LogP contribution < -0.4 is 10.5 Å². The zero-order valence-corrected chi connectivity index (χ0v) is 16.5. The summed E-state index contributed by atoms with van der Waals surface area (Å²) in [7, 11) is -8.18. The molecule has 2 aromatic rings. The fraction of sp³-hybridized carbons (Fsp3) is 0.154. The van der Waals surface area contributed by atoms with E-state index in [1.165, 1.54) is 22.7 Å². The van der Waals surface area contributed by atoms with Crippen molar-refractivity contribution in [2.24, 2.45) is 9.54 Å². The van der Waals surface area contributed by atoms with Crippen molar-refractivity contribution in [3.05, 3.63) is 39.5 Å². The number of rotatable bonds is 5. The van der Waals surface area contributed by atoms with E-state index in [1.54, 1.807) is 11.3 Å². The molecule has 3 N–H and O–H groups in total. The highest BCUT2D eigenvalue weighted by molar-refractivity contribution is 7.99. The first-order valence-electron chi connectivity index (χ1n) is 6.74. The van der Waals surface area contributed by atoms with Gasteiger partial charge in [-0.1, -0.05) is 17.7 Å². The van der Waals surface area contributed by atoms with Gasteiger partial charge in [-0.2, -0.15) is 8.42 Å². The van der Waals surface area contributed by atoms with E-state index in [2.05, 4.69) is 9.71 Å². The molecule has 25 heavy (non-hydrogen) atoms. The summed E-state index contributed by atoms with van der Waals surface area (Å²) >= 11 is 9.05. The molecule has 0 unspecified atom stereocenters. The Morgan fingerprint density at radius 2 is 2.08 bits per heavy atom. The van der Waals surface area contributed by atoms with Crippen LogP contribution in [0.25, 0.3) is 0 Å². The number of anilines is 1. The van der Waals surface area contributed by atoms with Gasteiger partial charge in [-0.3, -0.25) is 0 Å². The Hall–Kier alpha value is -1.11. The lowest BCUT2D eigenvalue weighted by atomic mass is 10.3. The molecule has 1 aliphatic heterocycles. The highest BCUT2D eigenvalue weighted by Gasteiger charge is 2.28. The number of halogens is 1. The van der Waals surface area contributed by atoms with Gasteiger partial charge in [0.1, 0.15) is 15.6 Å². The van der Waals surface area contributed by atoms with Crippen LogP contribution in [0.5, 0.6) is 0 Å².